The van der Waals surface area contributed by atoms with Crippen molar-refractivity contribution in [1.82, 2.24) is 29.9 Å². The van der Waals surface area contributed by atoms with Crippen LogP contribution in [0.15, 0.2) is 36.4 Å². The number of hydrogen-bond donors (Lipinski definition) is 4. The van der Waals surface area contributed by atoms with Crippen LogP contribution in [0.5, 0.6) is 17.5 Å². The number of nitrogens with zero attached hydrogens (tertiary/aromatic N) is 6. The molecule has 2 aromatic heterocycles. The molecule has 34 heavy (non-hydrogen) atoms. The van der Waals surface area contributed by atoms with Gasteiger partial charge in [-0.3, -0.25) is 4.57 Å². The molecule has 13 nitrogen and oxygen atoms in total. The van der Waals surface area contributed by atoms with E-state index in [4.69, 9.17) is 26.0 Å². The van der Waals surface area contributed by atoms with Gasteiger partial charge in [-0.25, -0.2) is 0 Å². The van der Waals surface area contributed by atoms with Crippen LogP contribution in [0.2, 0.25) is 5.28 Å². The van der Waals surface area contributed by atoms with Crippen LogP contribution >= 0.6 is 19.6 Å². The maximum absolute atomic E-state index is 11.4. The molecule has 0 radical (unpaired) electrons. The van der Waals surface area contributed by atoms with Crippen molar-refractivity contribution >= 4 is 42.3 Å². The van der Waals surface area contributed by atoms with E-state index in [-0.39, 0.29) is 35.3 Å². The second-order valence-corrected chi connectivity index (χ2v) is 8.45. The van der Waals surface area contributed by atoms with Crippen LogP contribution < -0.4 is 14.6 Å². The molecule has 2 unspecified atom stereocenters. The number of aliphatic hydroxyl groups is 2. The fourth-order valence-corrected chi connectivity index (χ4v) is 3.41. The zero-order chi connectivity index (χ0) is 24.2. The molecule has 4 aromatic rings. The molecule has 0 amide bonds. The molecule has 0 aliphatic rings. The van der Waals surface area contributed by atoms with Gasteiger partial charge in [-0.05, 0) is 41.9 Å². The first-order valence-electron chi connectivity index (χ1n) is 9.80. The molecule has 15 heteroatoms. The van der Waals surface area contributed by atoms with Gasteiger partial charge in [0.2, 0.25) is 19.3 Å². The summed E-state index contributed by atoms with van der Waals surface area (Å²) in [5, 5.41) is 40.1. The molecule has 0 bridgehead atoms. The Kier molecular flexibility index (Phi) is 7.08. The summed E-state index contributed by atoms with van der Waals surface area (Å²) >= 11 is 5.92. The molecule has 4 N–H and O–H groups in total. The number of aliphatic hydroxyl groups excluding tert-OH is 2. The van der Waals surface area contributed by atoms with Gasteiger partial charge in [0.15, 0.2) is 0 Å². The van der Waals surface area contributed by atoms with Crippen molar-refractivity contribution in [2.45, 2.75) is 6.10 Å². The van der Waals surface area contributed by atoms with Crippen LogP contribution in [0, 0.1) is 0 Å². The van der Waals surface area contributed by atoms with Crippen molar-refractivity contribution < 1.29 is 29.1 Å². The average molecular weight is 508 g/mol. The summed E-state index contributed by atoms with van der Waals surface area (Å²) in [5.41, 5.74) is 1.83. The number of aromatic hydroxyl groups is 1. The SMILES string of the molecule is C[PH](=O)Oc1ccc(O)c(-n2nc3ccc(Nc4nc(Cl)nc(OCC(O)CO)n4)cc3n2)c1. The summed E-state index contributed by atoms with van der Waals surface area (Å²) in [6.45, 7) is 0.762. The third-order valence-electron chi connectivity index (χ3n) is 4.26. The summed E-state index contributed by atoms with van der Waals surface area (Å²) in [5.74, 6) is 0.317. The Morgan fingerprint density at radius 2 is 1.94 bits per heavy atom. The fraction of sp³-hybridized carbons (Fsp3) is 0.211. The summed E-state index contributed by atoms with van der Waals surface area (Å²) in [6.07, 6.45) is -1.09. The van der Waals surface area contributed by atoms with E-state index < -0.39 is 20.7 Å². The molecule has 0 aliphatic heterocycles. The van der Waals surface area contributed by atoms with E-state index >= 15 is 0 Å². The third-order valence-corrected chi connectivity index (χ3v) is 4.96. The summed E-state index contributed by atoms with van der Waals surface area (Å²) in [6, 6.07) is 9.34. The molecular formula is C19H19ClN7O6P. The Hall–Kier alpha value is -3.51. The van der Waals surface area contributed by atoms with E-state index in [2.05, 4.69) is 30.5 Å². The van der Waals surface area contributed by atoms with Gasteiger partial charge in [-0.1, -0.05) is 0 Å². The van der Waals surface area contributed by atoms with E-state index in [1.807, 2.05) is 0 Å². The molecule has 4 rings (SSSR count). The predicted molar refractivity (Wildman–Crippen MR) is 123 cm³/mol. The number of ether oxygens (including phenoxy) is 1. The van der Waals surface area contributed by atoms with Gasteiger partial charge in [0.05, 0.1) is 6.61 Å². The Balaban J connectivity index is 1.58. The van der Waals surface area contributed by atoms with Crippen molar-refractivity contribution in [3.05, 3.63) is 41.7 Å². The Morgan fingerprint density at radius 3 is 2.71 bits per heavy atom. The van der Waals surface area contributed by atoms with Crippen molar-refractivity contribution in [2.75, 3.05) is 25.2 Å². The van der Waals surface area contributed by atoms with Crippen LogP contribution in [0.3, 0.4) is 0 Å². The lowest BCUT2D eigenvalue weighted by molar-refractivity contribution is 0.0504. The molecular weight excluding hydrogens is 489 g/mol. The largest absolute Gasteiger partial charge is 0.506 e. The number of halogens is 1. The lowest BCUT2D eigenvalue weighted by atomic mass is 10.3. The number of phenols is 1. The van der Waals surface area contributed by atoms with Gasteiger partial charge >= 0.3 is 6.01 Å². The van der Waals surface area contributed by atoms with E-state index in [9.17, 15) is 14.8 Å². The van der Waals surface area contributed by atoms with Crippen LogP contribution in [-0.2, 0) is 4.57 Å². The minimum Gasteiger partial charge on any atom is -0.506 e. The molecule has 0 saturated heterocycles. The highest BCUT2D eigenvalue weighted by atomic mass is 35.5. The smallest absolute Gasteiger partial charge is 0.322 e. The first-order valence-corrected chi connectivity index (χ1v) is 12.0. The second-order valence-electron chi connectivity index (χ2n) is 6.92. The number of hydrogen-bond acceptors (Lipinski definition) is 12. The molecule has 0 spiro atoms. The van der Waals surface area contributed by atoms with Crippen molar-refractivity contribution in [3.63, 3.8) is 0 Å². The van der Waals surface area contributed by atoms with Gasteiger partial charge in [0, 0.05) is 18.4 Å². The van der Waals surface area contributed by atoms with Gasteiger partial charge in [0.1, 0.15) is 40.9 Å². The lowest BCUT2D eigenvalue weighted by Crippen LogP contribution is -2.22. The average Bonchev–Trinajstić information content (AvgIpc) is 3.21. The van der Waals surface area contributed by atoms with E-state index in [1.165, 1.54) is 29.7 Å². The molecule has 2 heterocycles. The zero-order valence-electron chi connectivity index (χ0n) is 17.6. The van der Waals surface area contributed by atoms with Crippen molar-refractivity contribution in [3.8, 4) is 23.2 Å². The monoisotopic (exact) mass is 507 g/mol. The molecule has 2 atom stereocenters. The quantitative estimate of drug-likeness (QED) is 0.242. The Bertz CT molecular complexity index is 1350. The standard InChI is InChI=1S/C19H19ClN7O6P/c1-34(31)33-12-3-5-16(30)15(7-12)27-25-13-4-2-10(6-14(13)26-27)21-18-22-17(20)23-19(24-18)32-9-11(29)8-28/h2-7,11,28-30,34H,8-9H2,1H3,(H,21,22,23,24). The molecule has 0 saturated carbocycles. The number of aromatic nitrogens is 6. The second kappa shape index (κ2) is 10.2. The van der Waals surface area contributed by atoms with Gasteiger partial charge < -0.3 is 29.9 Å². The number of rotatable bonds is 9. The molecule has 178 valence electrons. The molecule has 0 aliphatic carbocycles. The summed E-state index contributed by atoms with van der Waals surface area (Å²) < 4.78 is 21.8. The minimum absolute atomic E-state index is 0.0810. The van der Waals surface area contributed by atoms with Crippen LogP contribution in [0.1, 0.15) is 0 Å². The van der Waals surface area contributed by atoms with Gasteiger partial charge in [-0.15, -0.1) is 15.0 Å². The van der Waals surface area contributed by atoms with Crippen molar-refractivity contribution in [2.24, 2.45) is 0 Å². The molecule has 2 aromatic carbocycles. The van der Waals surface area contributed by atoms with Crippen LogP contribution in [0.25, 0.3) is 16.7 Å². The summed E-state index contributed by atoms with van der Waals surface area (Å²) in [7, 11) is -2.22. The van der Waals surface area contributed by atoms with E-state index in [0.29, 0.717) is 22.5 Å². The van der Waals surface area contributed by atoms with E-state index in [0.717, 1.165) is 0 Å². The van der Waals surface area contributed by atoms with Crippen LogP contribution in [0.4, 0.5) is 11.6 Å². The summed E-state index contributed by atoms with van der Waals surface area (Å²) in [4.78, 5) is 13.1. The number of fused-ring (bicyclic) bond motifs is 1. The first kappa shape index (κ1) is 23.6. The van der Waals surface area contributed by atoms with Gasteiger partial charge in [-0.2, -0.15) is 15.0 Å². The third kappa shape index (κ3) is 5.69. The number of benzene rings is 2. The Morgan fingerprint density at radius 1 is 1.15 bits per heavy atom. The topological polar surface area (TPSA) is 178 Å². The minimum atomic E-state index is -2.22. The highest BCUT2D eigenvalue weighted by molar-refractivity contribution is 7.38. The van der Waals surface area contributed by atoms with E-state index in [1.54, 1.807) is 18.2 Å². The van der Waals surface area contributed by atoms with Crippen molar-refractivity contribution in [1.29, 1.82) is 0 Å². The Labute approximate surface area is 197 Å². The number of nitrogens with one attached hydrogen (secondary N) is 1. The normalized spacial score (nSPS) is 12.9. The fourth-order valence-electron chi connectivity index (χ4n) is 2.80. The first-order chi connectivity index (χ1) is 16.3. The highest BCUT2D eigenvalue weighted by Crippen LogP contribution is 2.31. The number of phenolic OH excluding ortho intramolecular Hbond substituents is 1. The maximum Gasteiger partial charge on any atom is 0.322 e. The lowest BCUT2D eigenvalue weighted by Gasteiger charge is -2.10. The maximum atomic E-state index is 11.4. The highest BCUT2D eigenvalue weighted by Gasteiger charge is 2.13. The van der Waals surface area contributed by atoms with Gasteiger partial charge in [0.25, 0.3) is 0 Å². The molecule has 0 fully saturated rings. The predicted octanol–water partition coefficient (Wildman–Crippen LogP) is 1.92. The number of anilines is 2. The van der Waals surface area contributed by atoms with Crippen LogP contribution in [-0.4, -0.2) is 71.2 Å². The zero-order valence-corrected chi connectivity index (χ0v) is 19.3.